The van der Waals surface area contributed by atoms with Gasteiger partial charge in [-0.05, 0) is 12.1 Å². The van der Waals surface area contributed by atoms with E-state index >= 15 is 0 Å². The third kappa shape index (κ3) is 4.99. The minimum atomic E-state index is -0.535. The molecule has 0 aliphatic heterocycles. The molecule has 7 nitrogen and oxygen atoms in total. The van der Waals surface area contributed by atoms with Gasteiger partial charge in [0.05, 0.1) is 19.9 Å². The summed E-state index contributed by atoms with van der Waals surface area (Å²) in [7, 11) is 0. The average molecular weight is 455 g/mol. The van der Waals surface area contributed by atoms with Crippen molar-refractivity contribution < 1.29 is 9.72 Å². The monoisotopic (exact) mass is 454 g/mol. The van der Waals surface area contributed by atoms with E-state index in [9.17, 15) is 14.9 Å². The van der Waals surface area contributed by atoms with E-state index in [1.807, 2.05) is 18.2 Å². The normalized spacial score (nSPS) is 10.6. The van der Waals surface area contributed by atoms with Gasteiger partial charge in [0.15, 0.2) is 0 Å². The first kappa shape index (κ1) is 20.5. The maximum Gasteiger partial charge on any atom is 0.294 e. The van der Waals surface area contributed by atoms with Crippen LogP contribution in [0.2, 0.25) is 10.0 Å². The molecule has 144 valence electrons. The molecule has 0 spiro atoms. The Morgan fingerprint density at radius 3 is 2.68 bits per heavy atom. The molecule has 0 bridgehead atoms. The highest BCUT2D eigenvalue weighted by Crippen LogP contribution is 2.45. The van der Waals surface area contributed by atoms with Gasteiger partial charge in [-0.3, -0.25) is 24.9 Å². The molecule has 0 radical (unpaired) electrons. The van der Waals surface area contributed by atoms with Gasteiger partial charge in [0.1, 0.15) is 9.09 Å². The molecule has 0 saturated heterocycles. The van der Waals surface area contributed by atoms with Crippen molar-refractivity contribution in [1.82, 2.24) is 15.3 Å². The Labute approximate surface area is 178 Å². The number of nitro groups is 1. The number of amides is 1. The lowest BCUT2D eigenvalue weighted by Crippen LogP contribution is -2.25. The summed E-state index contributed by atoms with van der Waals surface area (Å²) in [6.45, 7) is 0.367. The Balaban J connectivity index is 1.74. The van der Waals surface area contributed by atoms with Crippen molar-refractivity contribution >= 4 is 57.9 Å². The summed E-state index contributed by atoms with van der Waals surface area (Å²) in [5.41, 5.74) is 0.673. The smallest absolute Gasteiger partial charge is 0.294 e. The number of halogens is 2. The summed E-state index contributed by atoms with van der Waals surface area (Å²) in [5, 5.41) is 14.7. The highest BCUT2D eigenvalue weighted by molar-refractivity contribution is 8.01. The van der Waals surface area contributed by atoms with Crippen molar-refractivity contribution in [3.8, 4) is 0 Å². The first-order valence-corrected chi connectivity index (χ1v) is 10.3. The molecule has 0 unspecified atom stereocenters. The SMILES string of the molecule is O=C(NCCc1ccccn1)c1cc([N+](=O)[O-])c(Sc2c(Cl)cncc2Cl)s1. The van der Waals surface area contributed by atoms with E-state index in [2.05, 4.69) is 15.3 Å². The van der Waals surface area contributed by atoms with Gasteiger partial charge >= 0.3 is 0 Å². The van der Waals surface area contributed by atoms with Crippen molar-refractivity contribution in [2.75, 3.05) is 6.54 Å². The van der Waals surface area contributed by atoms with Crippen LogP contribution in [0.4, 0.5) is 5.69 Å². The van der Waals surface area contributed by atoms with Crippen LogP contribution >= 0.6 is 46.3 Å². The van der Waals surface area contributed by atoms with Gasteiger partial charge in [-0.15, -0.1) is 11.3 Å². The minimum absolute atomic E-state index is 0.172. The van der Waals surface area contributed by atoms with Crippen LogP contribution in [0.3, 0.4) is 0 Å². The molecule has 0 atom stereocenters. The van der Waals surface area contributed by atoms with Crippen LogP contribution < -0.4 is 5.32 Å². The van der Waals surface area contributed by atoms with Crippen LogP contribution in [-0.4, -0.2) is 27.3 Å². The fourth-order valence-electron chi connectivity index (χ4n) is 2.20. The zero-order chi connectivity index (χ0) is 20.1. The van der Waals surface area contributed by atoms with Crippen molar-refractivity contribution in [3.05, 3.63) is 73.6 Å². The van der Waals surface area contributed by atoms with E-state index in [4.69, 9.17) is 23.2 Å². The Kier molecular flexibility index (Phi) is 6.84. The van der Waals surface area contributed by atoms with E-state index in [-0.39, 0.29) is 26.5 Å². The second kappa shape index (κ2) is 9.33. The molecule has 3 aromatic rings. The Hall–Kier alpha value is -2.20. The van der Waals surface area contributed by atoms with Crippen LogP contribution in [0.1, 0.15) is 15.4 Å². The Morgan fingerprint density at radius 1 is 1.29 bits per heavy atom. The van der Waals surface area contributed by atoms with E-state index in [0.717, 1.165) is 28.8 Å². The molecule has 11 heteroatoms. The molecule has 0 aliphatic rings. The first-order chi connectivity index (χ1) is 13.5. The van der Waals surface area contributed by atoms with Crippen molar-refractivity contribution in [1.29, 1.82) is 0 Å². The van der Waals surface area contributed by atoms with Gasteiger partial charge in [0.2, 0.25) is 0 Å². The molecule has 28 heavy (non-hydrogen) atoms. The maximum absolute atomic E-state index is 12.4. The molecule has 0 aliphatic carbocycles. The Morgan fingerprint density at radius 2 is 2.04 bits per heavy atom. The summed E-state index contributed by atoms with van der Waals surface area (Å²) in [5.74, 6) is -0.386. The predicted octanol–water partition coefficient (Wildman–Crippen LogP) is 4.88. The summed E-state index contributed by atoms with van der Waals surface area (Å²) < 4.78 is 0.315. The van der Waals surface area contributed by atoms with Crippen LogP contribution in [0.15, 0.2) is 52.0 Å². The third-order valence-electron chi connectivity index (χ3n) is 3.50. The van der Waals surface area contributed by atoms with Crippen LogP contribution in [-0.2, 0) is 6.42 Å². The number of carbonyl (C=O) groups excluding carboxylic acids is 1. The lowest BCUT2D eigenvalue weighted by atomic mass is 10.2. The fourth-order valence-corrected chi connectivity index (χ4v) is 4.98. The number of carbonyl (C=O) groups is 1. The summed E-state index contributed by atoms with van der Waals surface area (Å²) in [6, 6.07) is 6.80. The molecule has 3 heterocycles. The largest absolute Gasteiger partial charge is 0.351 e. The van der Waals surface area contributed by atoms with Gasteiger partial charge in [0.25, 0.3) is 11.6 Å². The number of aromatic nitrogens is 2. The minimum Gasteiger partial charge on any atom is -0.351 e. The number of hydrogen-bond acceptors (Lipinski definition) is 7. The highest BCUT2D eigenvalue weighted by atomic mass is 35.5. The number of hydrogen-bond donors (Lipinski definition) is 1. The van der Waals surface area contributed by atoms with Crippen molar-refractivity contribution in [2.45, 2.75) is 15.5 Å². The molecule has 0 saturated carbocycles. The van der Waals surface area contributed by atoms with Gasteiger partial charge in [0, 0.05) is 43.3 Å². The molecule has 1 N–H and O–H groups in total. The van der Waals surface area contributed by atoms with E-state index in [0.29, 0.717) is 22.1 Å². The van der Waals surface area contributed by atoms with Crippen LogP contribution in [0, 0.1) is 10.1 Å². The maximum atomic E-state index is 12.4. The first-order valence-electron chi connectivity index (χ1n) is 7.89. The van der Waals surface area contributed by atoms with Gasteiger partial charge in [-0.2, -0.15) is 0 Å². The van der Waals surface area contributed by atoms with E-state index in [1.54, 1.807) is 6.20 Å². The zero-order valence-corrected chi connectivity index (χ0v) is 17.2. The molecule has 1 amide bonds. The van der Waals surface area contributed by atoms with Crippen molar-refractivity contribution in [2.24, 2.45) is 0 Å². The van der Waals surface area contributed by atoms with Gasteiger partial charge < -0.3 is 5.32 Å². The molecule has 0 fully saturated rings. The number of thiophene rings is 1. The Bertz CT molecular complexity index is 995. The summed E-state index contributed by atoms with van der Waals surface area (Å²) in [6.07, 6.45) is 5.05. The van der Waals surface area contributed by atoms with Crippen LogP contribution in [0.5, 0.6) is 0 Å². The lowest BCUT2D eigenvalue weighted by Gasteiger charge is -2.04. The van der Waals surface area contributed by atoms with E-state index in [1.165, 1.54) is 18.5 Å². The van der Waals surface area contributed by atoms with Crippen molar-refractivity contribution in [3.63, 3.8) is 0 Å². The second-order valence-electron chi connectivity index (χ2n) is 5.40. The second-order valence-corrected chi connectivity index (χ2v) is 8.55. The van der Waals surface area contributed by atoms with E-state index < -0.39 is 4.92 Å². The molecule has 0 aromatic carbocycles. The quantitative estimate of drug-likeness (QED) is 0.403. The topological polar surface area (TPSA) is 98.0 Å². The van der Waals surface area contributed by atoms with Gasteiger partial charge in [-0.1, -0.05) is 41.0 Å². The highest BCUT2D eigenvalue weighted by Gasteiger charge is 2.24. The fraction of sp³-hybridized carbons (Fsp3) is 0.118. The standard InChI is InChI=1S/C17H12Cl2N4O3S2/c18-11-8-20-9-12(19)15(11)28-17-13(23(25)26)7-14(27-17)16(24)22-6-4-10-3-1-2-5-21-10/h1-3,5,7-9H,4,6H2,(H,22,24). The number of nitrogens with zero attached hydrogens (tertiary/aromatic N) is 3. The lowest BCUT2D eigenvalue weighted by molar-refractivity contribution is -0.387. The number of rotatable bonds is 7. The zero-order valence-electron chi connectivity index (χ0n) is 14.1. The average Bonchev–Trinajstić information content (AvgIpc) is 3.10. The number of pyridine rings is 2. The summed E-state index contributed by atoms with van der Waals surface area (Å²) >= 11 is 14.2. The van der Waals surface area contributed by atoms with Gasteiger partial charge in [-0.25, -0.2) is 0 Å². The predicted molar refractivity (Wildman–Crippen MR) is 110 cm³/mol. The molecule has 3 aromatic heterocycles. The molecular formula is C17H12Cl2N4O3S2. The summed E-state index contributed by atoms with van der Waals surface area (Å²) in [4.78, 5) is 32.0. The van der Waals surface area contributed by atoms with Crippen LogP contribution in [0.25, 0.3) is 0 Å². The number of nitrogens with one attached hydrogen (secondary N) is 1. The third-order valence-corrected chi connectivity index (χ3v) is 6.75. The molecule has 3 rings (SSSR count). The molecular weight excluding hydrogens is 443 g/mol.